The number of aromatic nitrogens is 2. The van der Waals surface area contributed by atoms with Gasteiger partial charge in [-0.05, 0) is 19.4 Å². The molecule has 2 rings (SSSR count). The van der Waals surface area contributed by atoms with Crippen molar-refractivity contribution in [3.05, 3.63) is 27.0 Å². The third kappa shape index (κ3) is 2.94. The van der Waals surface area contributed by atoms with Crippen LogP contribution in [-0.4, -0.2) is 48.9 Å². The van der Waals surface area contributed by atoms with E-state index in [2.05, 4.69) is 10.3 Å². The zero-order chi connectivity index (χ0) is 14.0. The molecule has 1 aliphatic rings. The van der Waals surface area contributed by atoms with Crippen molar-refractivity contribution in [2.45, 2.75) is 23.8 Å². The molecule has 0 aliphatic carbocycles. The number of aromatic amines is 2. The lowest BCUT2D eigenvalue weighted by molar-refractivity contribution is 0.416. The van der Waals surface area contributed by atoms with E-state index < -0.39 is 26.2 Å². The highest BCUT2D eigenvalue weighted by Gasteiger charge is 2.27. The van der Waals surface area contributed by atoms with Crippen LogP contribution in [0.4, 0.5) is 0 Å². The van der Waals surface area contributed by atoms with Gasteiger partial charge >= 0.3 is 5.69 Å². The van der Waals surface area contributed by atoms with Crippen molar-refractivity contribution >= 4 is 10.0 Å². The van der Waals surface area contributed by atoms with Crippen LogP contribution >= 0.6 is 0 Å². The Hall–Kier alpha value is -1.45. The molecule has 0 radical (unpaired) electrons. The molecule has 0 saturated carbocycles. The minimum Gasteiger partial charge on any atom is -0.313 e. The summed E-state index contributed by atoms with van der Waals surface area (Å²) >= 11 is 0. The van der Waals surface area contributed by atoms with E-state index in [4.69, 9.17) is 0 Å². The molecule has 1 aromatic heterocycles. The van der Waals surface area contributed by atoms with E-state index in [0.717, 1.165) is 29.9 Å². The standard InChI is InChI=1S/C10H16N4O4S/c1-14(6-7-3-2-4-11-7)19(17,18)8-5-12-10(16)13-9(8)15/h5,7,11H,2-4,6H2,1H3,(H2,12,13,15,16). The minimum absolute atomic E-state index is 0.0987. The van der Waals surface area contributed by atoms with Crippen molar-refractivity contribution in [3.63, 3.8) is 0 Å². The molecule has 9 heteroatoms. The van der Waals surface area contributed by atoms with Gasteiger partial charge in [-0.1, -0.05) is 0 Å². The van der Waals surface area contributed by atoms with Crippen LogP contribution in [0.15, 0.2) is 20.7 Å². The summed E-state index contributed by atoms with van der Waals surface area (Å²) < 4.78 is 25.5. The van der Waals surface area contributed by atoms with Crippen molar-refractivity contribution in [1.29, 1.82) is 0 Å². The van der Waals surface area contributed by atoms with Crippen molar-refractivity contribution in [2.75, 3.05) is 20.1 Å². The van der Waals surface area contributed by atoms with Crippen molar-refractivity contribution in [2.24, 2.45) is 0 Å². The van der Waals surface area contributed by atoms with E-state index in [1.165, 1.54) is 7.05 Å². The van der Waals surface area contributed by atoms with Crippen LogP contribution < -0.4 is 16.6 Å². The minimum atomic E-state index is -3.89. The summed E-state index contributed by atoms with van der Waals surface area (Å²) in [5.74, 6) is 0. The fourth-order valence-electron chi connectivity index (χ4n) is 2.08. The van der Waals surface area contributed by atoms with E-state index in [0.29, 0.717) is 6.54 Å². The highest BCUT2D eigenvalue weighted by molar-refractivity contribution is 7.89. The molecule has 8 nitrogen and oxygen atoms in total. The summed E-state index contributed by atoms with van der Waals surface area (Å²) in [5, 5.41) is 3.18. The summed E-state index contributed by atoms with van der Waals surface area (Å²) in [6.45, 7) is 1.17. The number of hydrogen-bond acceptors (Lipinski definition) is 5. The zero-order valence-electron chi connectivity index (χ0n) is 10.5. The van der Waals surface area contributed by atoms with Gasteiger partial charge in [0, 0.05) is 25.8 Å². The summed E-state index contributed by atoms with van der Waals surface area (Å²) in [6, 6.07) is 0.0987. The van der Waals surface area contributed by atoms with E-state index in [1.54, 1.807) is 0 Å². The number of rotatable bonds is 4. The maximum atomic E-state index is 12.2. The van der Waals surface area contributed by atoms with Crippen LogP contribution in [0.5, 0.6) is 0 Å². The Kier molecular flexibility index (Phi) is 3.88. The molecule has 1 saturated heterocycles. The van der Waals surface area contributed by atoms with Crippen molar-refractivity contribution in [3.8, 4) is 0 Å². The average Bonchev–Trinajstić information content (AvgIpc) is 2.81. The number of sulfonamides is 1. The van der Waals surface area contributed by atoms with Gasteiger partial charge in [0.05, 0.1) is 0 Å². The van der Waals surface area contributed by atoms with Gasteiger partial charge in [-0.25, -0.2) is 13.2 Å². The van der Waals surface area contributed by atoms with Gasteiger partial charge in [-0.3, -0.25) is 9.78 Å². The molecule has 2 heterocycles. The van der Waals surface area contributed by atoms with Gasteiger partial charge in [-0.15, -0.1) is 0 Å². The first-order valence-electron chi connectivity index (χ1n) is 5.93. The first-order chi connectivity index (χ1) is 8.91. The van der Waals surface area contributed by atoms with Gasteiger partial charge in [0.25, 0.3) is 5.56 Å². The first-order valence-corrected chi connectivity index (χ1v) is 7.37. The van der Waals surface area contributed by atoms with E-state index >= 15 is 0 Å². The van der Waals surface area contributed by atoms with Gasteiger partial charge in [-0.2, -0.15) is 4.31 Å². The van der Waals surface area contributed by atoms with E-state index in [9.17, 15) is 18.0 Å². The molecule has 0 aromatic carbocycles. The van der Waals surface area contributed by atoms with Crippen molar-refractivity contribution < 1.29 is 8.42 Å². The lowest BCUT2D eigenvalue weighted by Gasteiger charge is -2.20. The van der Waals surface area contributed by atoms with Gasteiger partial charge in [0.15, 0.2) is 4.90 Å². The Bertz CT molecular complexity index is 657. The molecule has 3 N–H and O–H groups in total. The maximum absolute atomic E-state index is 12.2. The molecule has 1 aliphatic heterocycles. The quantitative estimate of drug-likeness (QED) is 0.619. The highest BCUT2D eigenvalue weighted by Crippen LogP contribution is 2.12. The smallest absolute Gasteiger partial charge is 0.313 e. The second kappa shape index (κ2) is 5.27. The molecule has 0 spiro atoms. The second-order valence-electron chi connectivity index (χ2n) is 4.51. The summed E-state index contributed by atoms with van der Waals surface area (Å²) in [5.41, 5.74) is -1.64. The monoisotopic (exact) mass is 288 g/mol. The fourth-order valence-corrected chi connectivity index (χ4v) is 3.28. The van der Waals surface area contributed by atoms with Gasteiger partial charge in [0.1, 0.15) is 0 Å². The lowest BCUT2D eigenvalue weighted by atomic mass is 10.2. The molecule has 106 valence electrons. The normalized spacial score (nSPS) is 20.0. The number of nitrogens with zero attached hydrogens (tertiary/aromatic N) is 1. The molecular formula is C10H16N4O4S. The third-order valence-corrected chi connectivity index (χ3v) is 4.94. The molecule has 0 amide bonds. The Morgan fingerprint density at radius 1 is 1.42 bits per heavy atom. The number of hydrogen-bond donors (Lipinski definition) is 3. The summed E-state index contributed by atoms with van der Waals surface area (Å²) in [4.78, 5) is 26.0. The van der Waals surface area contributed by atoms with E-state index in [-0.39, 0.29) is 6.04 Å². The van der Waals surface area contributed by atoms with Crippen LogP contribution in [-0.2, 0) is 10.0 Å². The molecule has 1 aromatic rings. The molecule has 1 fully saturated rings. The number of nitrogens with one attached hydrogen (secondary N) is 3. The van der Waals surface area contributed by atoms with Gasteiger partial charge < -0.3 is 10.3 Å². The SMILES string of the molecule is CN(CC1CCCN1)S(=O)(=O)c1c[nH]c(=O)[nH]c1=O. The summed E-state index contributed by atoms with van der Waals surface area (Å²) in [6.07, 6.45) is 2.84. The first kappa shape index (κ1) is 14.0. The second-order valence-corrected chi connectivity index (χ2v) is 6.53. The third-order valence-electron chi connectivity index (χ3n) is 3.11. The number of likely N-dealkylation sites (N-methyl/N-ethyl adjacent to an activating group) is 1. The molecule has 1 unspecified atom stereocenters. The Balaban J connectivity index is 2.25. The lowest BCUT2D eigenvalue weighted by Crippen LogP contribution is -2.41. The van der Waals surface area contributed by atoms with Gasteiger partial charge in [0.2, 0.25) is 10.0 Å². The van der Waals surface area contributed by atoms with Crippen LogP contribution in [0.1, 0.15) is 12.8 Å². The molecular weight excluding hydrogens is 272 g/mol. The summed E-state index contributed by atoms with van der Waals surface area (Å²) in [7, 11) is -2.48. The molecule has 0 bridgehead atoms. The Labute approximate surface area is 109 Å². The maximum Gasteiger partial charge on any atom is 0.325 e. The van der Waals surface area contributed by atoms with Crippen LogP contribution in [0.3, 0.4) is 0 Å². The Morgan fingerprint density at radius 3 is 2.74 bits per heavy atom. The predicted octanol–water partition coefficient (Wildman–Crippen LogP) is -1.56. The topological polar surface area (TPSA) is 115 Å². The Morgan fingerprint density at radius 2 is 2.16 bits per heavy atom. The van der Waals surface area contributed by atoms with Crippen LogP contribution in [0, 0.1) is 0 Å². The predicted molar refractivity (Wildman–Crippen MR) is 68.5 cm³/mol. The number of H-pyrrole nitrogens is 2. The average molecular weight is 288 g/mol. The molecule has 19 heavy (non-hydrogen) atoms. The largest absolute Gasteiger partial charge is 0.325 e. The van der Waals surface area contributed by atoms with Crippen molar-refractivity contribution in [1.82, 2.24) is 19.6 Å². The zero-order valence-corrected chi connectivity index (χ0v) is 11.3. The highest BCUT2D eigenvalue weighted by atomic mass is 32.2. The fraction of sp³-hybridized carbons (Fsp3) is 0.600. The van der Waals surface area contributed by atoms with Crippen LogP contribution in [0.25, 0.3) is 0 Å². The molecule has 1 atom stereocenters. The van der Waals surface area contributed by atoms with E-state index in [1.807, 2.05) is 4.98 Å². The van der Waals surface area contributed by atoms with Crippen LogP contribution in [0.2, 0.25) is 0 Å².